The molecule has 5 heteroatoms. The van der Waals surface area contributed by atoms with E-state index in [1.165, 1.54) is 0 Å². The molecule has 1 saturated heterocycles. The van der Waals surface area contributed by atoms with Crippen molar-refractivity contribution in [2.45, 2.75) is 45.6 Å². The highest BCUT2D eigenvalue weighted by atomic mass is 16.4. The highest BCUT2D eigenvalue weighted by molar-refractivity contribution is 5.76. The quantitative estimate of drug-likeness (QED) is 0.746. The maximum Gasteiger partial charge on any atom is 0.303 e. The number of likely N-dealkylation sites (tertiary alicyclic amines) is 1. The van der Waals surface area contributed by atoms with Crippen LogP contribution in [0.5, 0.6) is 0 Å². The van der Waals surface area contributed by atoms with Crippen LogP contribution in [0.1, 0.15) is 39.5 Å². The van der Waals surface area contributed by atoms with Crippen molar-refractivity contribution < 1.29 is 14.7 Å². The molecule has 1 aliphatic rings. The van der Waals surface area contributed by atoms with E-state index in [0.29, 0.717) is 19.5 Å². The van der Waals surface area contributed by atoms with Gasteiger partial charge in [-0.3, -0.25) is 9.59 Å². The smallest absolute Gasteiger partial charge is 0.303 e. The summed E-state index contributed by atoms with van der Waals surface area (Å²) in [5.41, 5.74) is 0. The minimum absolute atomic E-state index is 0.0705. The van der Waals surface area contributed by atoms with Gasteiger partial charge in [-0.05, 0) is 25.3 Å². The van der Waals surface area contributed by atoms with Crippen molar-refractivity contribution in [3.63, 3.8) is 0 Å². The van der Waals surface area contributed by atoms with Crippen LogP contribution in [0.2, 0.25) is 0 Å². The average Bonchev–Trinajstić information content (AvgIpc) is 2.28. The van der Waals surface area contributed by atoms with E-state index in [1.807, 2.05) is 18.7 Å². The largest absolute Gasteiger partial charge is 0.481 e. The number of carbonyl (C=O) groups excluding carboxylic acids is 1. The van der Waals surface area contributed by atoms with Crippen LogP contribution < -0.4 is 5.32 Å². The molecule has 104 valence electrons. The predicted molar refractivity (Wildman–Crippen MR) is 69.3 cm³/mol. The summed E-state index contributed by atoms with van der Waals surface area (Å²) in [6.45, 7) is 6.16. The summed E-state index contributed by atoms with van der Waals surface area (Å²) in [4.78, 5) is 24.6. The van der Waals surface area contributed by atoms with Gasteiger partial charge in [0, 0.05) is 32.0 Å². The molecule has 2 N–H and O–H groups in total. The summed E-state index contributed by atoms with van der Waals surface area (Å²) in [6.07, 6.45) is 2.39. The minimum Gasteiger partial charge on any atom is -0.481 e. The molecule has 1 aliphatic heterocycles. The van der Waals surface area contributed by atoms with E-state index in [4.69, 9.17) is 5.11 Å². The normalized spacial score (nSPS) is 24.0. The second-order valence-electron chi connectivity index (χ2n) is 5.00. The summed E-state index contributed by atoms with van der Waals surface area (Å²) >= 11 is 0. The van der Waals surface area contributed by atoms with Gasteiger partial charge in [0.15, 0.2) is 0 Å². The maximum atomic E-state index is 11.9. The van der Waals surface area contributed by atoms with Crippen LogP contribution in [-0.2, 0) is 9.59 Å². The lowest BCUT2D eigenvalue weighted by Gasteiger charge is -2.37. The molecule has 0 bridgehead atoms. The molecule has 1 fully saturated rings. The molecule has 0 aromatic heterocycles. The molecule has 5 nitrogen and oxygen atoms in total. The lowest BCUT2D eigenvalue weighted by Crippen LogP contribution is -2.51. The molecular formula is C13H24N2O3. The zero-order valence-corrected chi connectivity index (χ0v) is 11.3. The number of rotatable bonds is 6. The monoisotopic (exact) mass is 256 g/mol. The summed E-state index contributed by atoms with van der Waals surface area (Å²) in [6, 6.07) is 0.230. The van der Waals surface area contributed by atoms with Crippen molar-refractivity contribution in [1.82, 2.24) is 10.2 Å². The van der Waals surface area contributed by atoms with Crippen molar-refractivity contribution in [3.8, 4) is 0 Å². The van der Waals surface area contributed by atoms with Gasteiger partial charge in [-0.1, -0.05) is 13.8 Å². The lowest BCUT2D eigenvalue weighted by molar-refractivity contribution is -0.141. The molecule has 1 rings (SSSR count). The first-order valence-corrected chi connectivity index (χ1v) is 6.79. The Hall–Kier alpha value is -1.10. The number of carbonyl (C=O) groups is 2. The standard InChI is InChI=1S/C13H24N2O3/c1-3-5-12(16)15-8-10(7-13(17)18)6-11(9-15)14-4-2/h10-11,14H,3-9H2,1-2H3,(H,17,18). The first kappa shape index (κ1) is 15.0. The summed E-state index contributed by atoms with van der Waals surface area (Å²) < 4.78 is 0. The van der Waals surface area contributed by atoms with Gasteiger partial charge in [0.2, 0.25) is 5.91 Å². The molecule has 0 aromatic rings. The van der Waals surface area contributed by atoms with E-state index in [1.54, 1.807) is 0 Å². The highest BCUT2D eigenvalue weighted by Gasteiger charge is 2.30. The van der Waals surface area contributed by atoms with Crippen LogP contribution in [0, 0.1) is 5.92 Å². The van der Waals surface area contributed by atoms with E-state index in [-0.39, 0.29) is 24.3 Å². The van der Waals surface area contributed by atoms with Gasteiger partial charge in [-0.15, -0.1) is 0 Å². The van der Waals surface area contributed by atoms with Gasteiger partial charge < -0.3 is 15.3 Å². The molecule has 2 unspecified atom stereocenters. The van der Waals surface area contributed by atoms with Crippen molar-refractivity contribution in [3.05, 3.63) is 0 Å². The molecule has 0 aromatic carbocycles. The van der Waals surface area contributed by atoms with Crippen molar-refractivity contribution in [2.75, 3.05) is 19.6 Å². The Morgan fingerprint density at radius 2 is 2.06 bits per heavy atom. The molecule has 2 atom stereocenters. The second-order valence-corrected chi connectivity index (χ2v) is 5.00. The van der Waals surface area contributed by atoms with E-state index in [9.17, 15) is 9.59 Å². The van der Waals surface area contributed by atoms with Crippen LogP contribution in [0.25, 0.3) is 0 Å². The fourth-order valence-electron chi connectivity index (χ4n) is 2.61. The summed E-state index contributed by atoms with van der Waals surface area (Å²) in [7, 11) is 0. The van der Waals surface area contributed by atoms with Gasteiger partial charge in [0.05, 0.1) is 0 Å². The number of hydrogen-bond acceptors (Lipinski definition) is 3. The Morgan fingerprint density at radius 3 is 2.61 bits per heavy atom. The van der Waals surface area contributed by atoms with Crippen LogP contribution in [0.3, 0.4) is 0 Å². The number of likely N-dealkylation sites (N-methyl/N-ethyl adjacent to an activating group) is 1. The Balaban J connectivity index is 2.61. The number of amides is 1. The third-order valence-electron chi connectivity index (χ3n) is 3.31. The molecule has 1 amide bonds. The van der Waals surface area contributed by atoms with E-state index >= 15 is 0 Å². The van der Waals surface area contributed by atoms with Gasteiger partial charge in [-0.25, -0.2) is 0 Å². The molecule has 0 spiro atoms. The van der Waals surface area contributed by atoms with Gasteiger partial charge >= 0.3 is 5.97 Å². The number of hydrogen-bond donors (Lipinski definition) is 2. The van der Waals surface area contributed by atoms with Crippen LogP contribution in [0.15, 0.2) is 0 Å². The van der Waals surface area contributed by atoms with Gasteiger partial charge in [0.1, 0.15) is 0 Å². The molecule has 0 aliphatic carbocycles. The first-order valence-electron chi connectivity index (χ1n) is 6.79. The number of piperidine rings is 1. The number of carboxylic acid groups (broad SMARTS) is 1. The van der Waals surface area contributed by atoms with Crippen molar-refractivity contribution >= 4 is 11.9 Å². The third kappa shape index (κ3) is 4.64. The molecule has 18 heavy (non-hydrogen) atoms. The Bertz CT molecular complexity index is 294. The average molecular weight is 256 g/mol. The summed E-state index contributed by atoms with van der Waals surface area (Å²) in [5, 5.41) is 12.2. The second kappa shape index (κ2) is 7.36. The van der Waals surface area contributed by atoms with Gasteiger partial charge in [0.25, 0.3) is 0 Å². The van der Waals surface area contributed by atoms with Crippen LogP contribution >= 0.6 is 0 Å². The SMILES string of the molecule is CCCC(=O)N1CC(CC(=O)O)CC(NCC)C1. The lowest BCUT2D eigenvalue weighted by atomic mass is 9.91. The fraction of sp³-hybridized carbons (Fsp3) is 0.846. The van der Waals surface area contributed by atoms with Crippen molar-refractivity contribution in [1.29, 1.82) is 0 Å². The first-order chi connectivity index (χ1) is 8.56. The van der Waals surface area contributed by atoms with Gasteiger partial charge in [-0.2, -0.15) is 0 Å². The number of nitrogens with one attached hydrogen (secondary N) is 1. The molecule has 1 heterocycles. The molecular weight excluding hydrogens is 232 g/mol. The van der Waals surface area contributed by atoms with Crippen LogP contribution in [-0.4, -0.2) is 47.6 Å². The van der Waals surface area contributed by atoms with E-state index in [0.717, 1.165) is 19.4 Å². The number of nitrogens with zero attached hydrogens (tertiary/aromatic N) is 1. The van der Waals surface area contributed by atoms with E-state index < -0.39 is 5.97 Å². The molecule has 0 radical (unpaired) electrons. The Kier molecular flexibility index (Phi) is 6.12. The van der Waals surface area contributed by atoms with E-state index in [2.05, 4.69) is 5.32 Å². The Morgan fingerprint density at radius 1 is 1.33 bits per heavy atom. The fourth-order valence-corrected chi connectivity index (χ4v) is 2.61. The highest BCUT2D eigenvalue weighted by Crippen LogP contribution is 2.21. The molecule has 0 saturated carbocycles. The van der Waals surface area contributed by atoms with Crippen LogP contribution in [0.4, 0.5) is 0 Å². The maximum absolute atomic E-state index is 11.9. The topological polar surface area (TPSA) is 69.6 Å². The number of carboxylic acids is 1. The summed E-state index contributed by atoms with van der Waals surface area (Å²) in [5.74, 6) is -0.559. The minimum atomic E-state index is -0.778. The third-order valence-corrected chi connectivity index (χ3v) is 3.31. The predicted octanol–water partition coefficient (Wildman–Crippen LogP) is 1.09. The zero-order valence-electron chi connectivity index (χ0n) is 11.3. The zero-order chi connectivity index (χ0) is 13.5. The number of aliphatic carboxylic acids is 1. The Labute approximate surface area is 109 Å². The van der Waals surface area contributed by atoms with Crippen molar-refractivity contribution in [2.24, 2.45) is 5.92 Å².